The summed E-state index contributed by atoms with van der Waals surface area (Å²) in [5.41, 5.74) is 0.951. The summed E-state index contributed by atoms with van der Waals surface area (Å²) in [4.78, 5) is 11.3. The van der Waals surface area contributed by atoms with E-state index in [1.165, 1.54) is 0 Å². The molecule has 1 aliphatic heterocycles. The fraction of sp³-hybridized carbons (Fsp3) is 0.500. The van der Waals surface area contributed by atoms with Crippen molar-refractivity contribution in [1.29, 1.82) is 0 Å². The van der Waals surface area contributed by atoms with E-state index in [0.29, 0.717) is 23.8 Å². The number of likely N-dealkylation sites (N-methyl/N-ethyl adjacent to an activating group) is 1. The van der Waals surface area contributed by atoms with Gasteiger partial charge in [-0.3, -0.25) is 4.79 Å². The van der Waals surface area contributed by atoms with Crippen molar-refractivity contribution in [2.24, 2.45) is 0 Å². The molecular formula is C14H20N2O4. The highest BCUT2D eigenvalue weighted by atomic mass is 16.7. The number of amides is 1. The number of carbonyl (C=O) groups excluding carboxylic acids is 1. The number of hydrogen-bond acceptors (Lipinski definition) is 5. The van der Waals surface area contributed by atoms with Crippen molar-refractivity contribution in [2.45, 2.75) is 19.9 Å². The van der Waals surface area contributed by atoms with Gasteiger partial charge in [-0.15, -0.1) is 0 Å². The largest absolute Gasteiger partial charge is 0.483 e. The molecule has 20 heavy (non-hydrogen) atoms. The maximum Gasteiger partial charge on any atom is 0.257 e. The minimum atomic E-state index is -0.171. The van der Waals surface area contributed by atoms with Crippen LogP contribution in [0.2, 0.25) is 0 Å². The summed E-state index contributed by atoms with van der Waals surface area (Å²) in [7, 11) is 1.58. The molecule has 0 aromatic heterocycles. The molecule has 110 valence electrons. The van der Waals surface area contributed by atoms with Crippen LogP contribution in [-0.4, -0.2) is 32.9 Å². The van der Waals surface area contributed by atoms with Gasteiger partial charge >= 0.3 is 0 Å². The number of rotatable bonds is 7. The number of ether oxygens (including phenoxy) is 3. The van der Waals surface area contributed by atoms with Gasteiger partial charge in [-0.2, -0.15) is 0 Å². The molecule has 0 bridgehead atoms. The molecule has 1 aromatic carbocycles. The third kappa shape index (κ3) is 3.54. The molecule has 6 heteroatoms. The molecule has 6 nitrogen and oxygen atoms in total. The summed E-state index contributed by atoms with van der Waals surface area (Å²) in [6, 6.07) is 3.67. The average molecular weight is 280 g/mol. The molecule has 1 amide bonds. The second-order valence-corrected chi connectivity index (χ2v) is 4.45. The fourth-order valence-electron chi connectivity index (χ4n) is 1.85. The average Bonchev–Trinajstić information content (AvgIpc) is 2.91. The smallest absolute Gasteiger partial charge is 0.257 e. The van der Waals surface area contributed by atoms with Gasteiger partial charge in [-0.1, -0.05) is 6.92 Å². The van der Waals surface area contributed by atoms with Gasteiger partial charge in [-0.25, -0.2) is 0 Å². The Morgan fingerprint density at radius 1 is 1.35 bits per heavy atom. The Hall–Kier alpha value is -1.95. The Balaban J connectivity index is 2.11. The van der Waals surface area contributed by atoms with Crippen LogP contribution in [0.1, 0.15) is 18.9 Å². The molecule has 1 aliphatic rings. The highest BCUT2D eigenvalue weighted by Crippen LogP contribution is 2.38. The summed E-state index contributed by atoms with van der Waals surface area (Å²) >= 11 is 0. The highest BCUT2D eigenvalue weighted by molar-refractivity contribution is 5.77. The van der Waals surface area contributed by atoms with Crippen molar-refractivity contribution in [3.8, 4) is 17.2 Å². The van der Waals surface area contributed by atoms with E-state index < -0.39 is 0 Å². The normalized spacial score (nSPS) is 12.3. The van der Waals surface area contributed by atoms with Crippen LogP contribution in [0.5, 0.6) is 17.2 Å². The number of carbonyl (C=O) groups is 1. The van der Waals surface area contributed by atoms with Gasteiger partial charge < -0.3 is 24.8 Å². The van der Waals surface area contributed by atoms with E-state index >= 15 is 0 Å². The number of fused-ring (bicyclic) bond motifs is 1. The van der Waals surface area contributed by atoms with Gasteiger partial charge in [0.1, 0.15) is 5.75 Å². The van der Waals surface area contributed by atoms with Crippen molar-refractivity contribution in [3.63, 3.8) is 0 Å². The molecule has 0 aliphatic carbocycles. The Morgan fingerprint density at radius 3 is 2.80 bits per heavy atom. The van der Waals surface area contributed by atoms with Crippen LogP contribution in [0.4, 0.5) is 0 Å². The first kappa shape index (κ1) is 14.5. The van der Waals surface area contributed by atoms with Crippen LogP contribution in [0.15, 0.2) is 12.1 Å². The summed E-state index contributed by atoms with van der Waals surface area (Å²) in [5, 5.41) is 5.83. The van der Waals surface area contributed by atoms with E-state index in [1.807, 2.05) is 6.07 Å². The van der Waals surface area contributed by atoms with E-state index in [2.05, 4.69) is 17.6 Å². The molecular weight excluding hydrogens is 260 g/mol. The molecule has 0 radical (unpaired) electrons. The quantitative estimate of drug-likeness (QED) is 0.730. The highest BCUT2D eigenvalue weighted by Gasteiger charge is 2.18. The zero-order valence-corrected chi connectivity index (χ0v) is 11.8. The molecule has 0 saturated heterocycles. The number of hydrogen-bond donors (Lipinski definition) is 2. The minimum absolute atomic E-state index is 0.0169. The van der Waals surface area contributed by atoms with Gasteiger partial charge in [0.2, 0.25) is 6.79 Å². The van der Waals surface area contributed by atoms with Gasteiger partial charge in [0.15, 0.2) is 18.1 Å². The van der Waals surface area contributed by atoms with Crippen LogP contribution in [0, 0.1) is 0 Å². The molecule has 0 spiro atoms. The molecule has 2 N–H and O–H groups in total. The summed E-state index contributed by atoms with van der Waals surface area (Å²) in [5.74, 6) is 1.83. The number of nitrogens with one attached hydrogen (secondary N) is 2. The lowest BCUT2D eigenvalue weighted by Gasteiger charge is -2.12. The molecule has 2 rings (SSSR count). The van der Waals surface area contributed by atoms with Crippen LogP contribution < -0.4 is 24.8 Å². The third-order valence-corrected chi connectivity index (χ3v) is 2.94. The van der Waals surface area contributed by atoms with Gasteiger partial charge in [-0.05, 0) is 19.0 Å². The van der Waals surface area contributed by atoms with Crippen molar-refractivity contribution in [2.75, 3.05) is 27.0 Å². The molecule has 1 heterocycles. The summed E-state index contributed by atoms with van der Waals surface area (Å²) in [6.07, 6.45) is 1.05. The second kappa shape index (κ2) is 7.00. The first-order valence-corrected chi connectivity index (χ1v) is 6.71. The number of benzene rings is 1. The van der Waals surface area contributed by atoms with Crippen molar-refractivity contribution >= 4 is 5.91 Å². The minimum Gasteiger partial charge on any atom is -0.483 e. The SMILES string of the molecule is CCCNCc1cc2c(cc1OCC(=O)NC)OCO2. The van der Waals surface area contributed by atoms with E-state index in [1.54, 1.807) is 13.1 Å². The lowest BCUT2D eigenvalue weighted by Crippen LogP contribution is -2.25. The maximum atomic E-state index is 11.3. The molecule has 0 saturated carbocycles. The molecule has 1 aromatic rings. The first-order chi connectivity index (χ1) is 9.74. The standard InChI is InChI=1S/C14H20N2O4/c1-3-4-16-7-10-5-12-13(20-9-19-12)6-11(10)18-8-14(17)15-2/h5-6,16H,3-4,7-9H2,1-2H3,(H,15,17). The predicted molar refractivity (Wildman–Crippen MR) is 74.1 cm³/mol. The topological polar surface area (TPSA) is 68.8 Å². The van der Waals surface area contributed by atoms with Gasteiger partial charge in [0.05, 0.1) is 0 Å². The Labute approximate surface area is 118 Å². The molecule has 0 fully saturated rings. The Kier molecular flexibility index (Phi) is 5.06. The summed E-state index contributed by atoms with van der Waals surface area (Å²) in [6.45, 7) is 3.89. The van der Waals surface area contributed by atoms with Crippen LogP contribution >= 0.6 is 0 Å². The molecule has 0 atom stereocenters. The van der Waals surface area contributed by atoms with Gasteiger partial charge in [0, 0.05) is 25.2 Å². The van der Waals surface area contributed by atoms with E-state index in [0.717, 1.165) is 18.5 Å². The lowest BCUT2D eigenvalue weighted by atomic mass is 10.1. The van der Waals surface area contributed by atoms with Gasteiger partial charge in [0.25, 0.3) is 5.91 Å². The van der Waals surface area contributed by atoms with Crippen LogP contribution in [0.25, 0.3) is 0 Å². The zero-order valence-electron chi connectivity index (χ0n) is 11.8. The van der Waals surface area contributed by atoms with Crippen molar-refractivity contribution < 1.29 is 19.0 Å². The second-order valence-electron chi connectivity index (χ2n) is 4.45. The fourth-order valence-corrected chi connectivity index (χ4v) is 1.85. The van der Waals surface area contributed by atoms with E-state index in [-0.39, 0.29) is 19.3 Å². The van der Waals surface area contributed by atoms with Crippen LogP contribution in [0.3, 0.4) is 0 Å². The Bertz CT molecular complexity index is 476. The first-order valence-electron chi connectivity index (χ1n) is 6.71. The Morgan fingerprint density at radius 2 is 2.10 bits per heavy atom. The van der Waals surface area contributed by atoms with E-state index in [4.69, 9.17) is 14.2 Å². The maximum absolute atomic E-state index is 11.3. The third-order valence-electron chi connectivity index (χ3n) is 2.94. The van der Waals surface area contributed by atoms with Crippen molar-refractivity contribution in [3.05, 3.63) is 17.7 Å². The van der Waals surface area contributed by atoms with E-state index in [9.17, 15) is 4.79 Å². The van der Waals surface area contributed by atoms with Crippen molar-refractivity contribution in [1.82, 2.24) is 10.6 Å². The summed E-state index contributed by atoms with van der Waals surface area (Å²) < 4.78 is 16.3. The molecule has 0 unspecified atom stereocenters. The zero-order chi connectivity index (χ0) is 14.4. The van der Waals surface area contributed by atoms with Crippen LogP contribution in [-0.2, 0) is 11.3 Å². The lowest BCUT2D eigenvalue weighted by molar-refractivity contribution is -0.122. The monoisotopic (exact) mass is 280 g/mol. The predicted octanol–water partition coefficient (Wildman–Crippen LogP) is 1.04.